The molecular weight excluding hydrogens is 400 g/mol. The number of anilines is 2. The predicted molar refractivity (Wildman–Crippen MR) is 123 cm³/mol. The van der Waals surface area contributed by atoms with Gasteiger partial charge in [0.25, 0.3) is 0 Å². The van der Waals surface area contributed by atoms with Gasteiger partial charge in [0.1, 0.15) is 10.8 Å². The van der Waals surface area contributed by atoms with E-state index in [0.717, 1.165) is 48.3 Å². The van der Waals surface area contributed by atoms with Crippen LogP contribution >= 0.6 is 22.9 Å². The van der Waals surface area contributed by atoms with Gasteiger partial charge < -0.3 is 15.5 Å². The SMILES string of the molecule is Cc1cc2c(s1)Nc1ccccc1N=C2N1CCN[C@@H](Cc2ccc(Cl)cc2)C1. The molecule has 0 radical (unpaired) electrons. The van der Waals surface area contributed by atoms with Crippen LogP contribution in [-0.4, -0.2) is 36.4 Å². The summed E-state index contributed by atoms with van der Waals surface area (Å²) in [7, 11) is 0. The molecule has 0 bridgehead atoms. The smallest absolute Gasteiger partial charge is 0.139 e. The Morgan fingerprint density at radius 2 is 2.00 bits per heavy atom. The van der Waals surface area contributed by atoms with Gasteiger partial charge in [-0.1, -0.05) is 35.9 Å². The van der Waals surface area contributed by atoms with Crippen molar-refractivity contribution >= 4 is 45.1 Å². The van der Waals surface area contributed by atoms with Crippen molar-refractivity contribution in [1.29, 1.82) is 0 Å². The average molecular weight is 423 g/mol. The minimum Gasteiger partial charge on any atom is -0.353 e. The van der Waals surface area contributed by atoms with Crippen LogP contribution in [0.25, 0.3) is 0 Å². The lowest BCUT2D eigenvalue weighted by Crippen LogP contribution is -2.53. The summed E-state index contributed by atoms with van der Waals surface area (Å²) in [5.41, 5.74) is 4.57. The van der Waals surface area contributed by atoms with Gasteiger partial charge in [-0.05, 0) is 49.2 Å². The Labute approximate surface area is 180 Å². The van der Waals surface area contributed by atoms with Gasteiger partial charge in [0, 0.05) is 35.6 Å². The molecule has 2 aromatic carbocycles. The van der Waals surface area contributed by atoms with Crippen LogP contribution in [0.5, 0.6) is 0 Å². The van der Waals surface area contributed by atoms with Gasteiger partial charge in [0.05, 0.1) is 16.9 Å². The van der Waals surface area contributed by atoms with E-state index >= 15 is 0 Å². The highest BCUT2D eigenvalue weighted by molar-refractivity contribution is 7.16. The molecule has 2 aliphatic rings. The third-order valence-electron chi connectivity index (χ3n) is 5.43. The molecule has 0 unspecified atom stereocenters. The van der Waals surface area contributed by atoms with Gasteiger partial charge in [-0.15, -0.1) is 11.3 Å². The second-order valence-corrected chi connectivity index (χ2v) is 9.30. The van der Waals surface area contributed by atoms with E-state index in [2.05, 4.69) is 58.9 Å². The number of aliphatic imine (C=N–C) groups is 1. The van der Waals surface area contributed by atoms with Crippen LogP contribution in [0.4, 0.5) is 16.4 Å². The first kappa shape index (κ1) is 18.7. The molecule has 0 amide bonds. The number of piperazine rings is 1. The normalized spacial score (nSPS) is 18.3. The summed E-state index contributed by atoms with van der Waals surface area (Å²) in [5.74, 6) is 1.07. The van der Waals surface area contributed by atoms with Gasteiger partial charge in [-0.3, -0.25) is 0 Å². The summed E-state index contributed by atoms with van der Waals surface area (Å²) in [5, 5.41) is 9.23. The van der Waals surface area contributed by atoms with Crippen LogP contribution in [0.2, 0.25) is 5.02 Å². The maximum Gasteiger partial charge on any atom is 0.139 e. The van der Waals surface area contributed by atoms with Crippen LogP contribution in [0.3, 0.4) is 0 Å². The summed E-state index contributed by atoms with van der Waals surface area (Å²) in [6.45, 7) is 4.99. The van der Waals surface area contributed by atoms with Gasteiger partial charge >= 0.3 is 0 Å². The van der Waals surface area contributed by atoms with Crippen molar-refractivity contribution in [2.45, 2.75) is 19.4 Å². The summed E-state index contributed by atoms with van der Waals surface area (Å²) < 4.78 is 0. The second-order valence-electron chi connectivity index (χ2n) is 7.61. The number of nitrogens with one attached hydrogen (secondary N) is 2. The number of thiophene rings is 1. The fraction of sp³-hybridized carbons (Fsp3) is 0.261. The number of amidine groups is 1. The van der Waals surface area contributed by atoms with Crippen LogP contribution < -0.4 is 10.6 Å². The highest BCUT2D eigenvalue weighted by Crippen LogP contribution is 2.39. The van der Waals surface area contributed by atoms with E-state index in [4.69, 9.17) is 16.6 Å². The minimum atomic E-state index is 0.377. The predicted octanol–water partition coefficient (Wildman–Crippen LogP) is 5.36. The molecule has 5 rings (SSSR count). The molecule has 29 heavy (non-hydrogen) atoms. The fourth-order valence-electron chi connectivity index (χ4n) is 4.05. The Kier molecular flexibility index (Phi) is 5.04. The Hall–Kier alpha value is -2.34. The Morgan fingerprint density at radius 3 is 2.86 bits per heavy atom. The van der Waals surface area contributed by atoms with Crippen molar-refractivity contribution < 1.29 is 0 Å². The van der Waals surface area contributed by atoms with Crippen molar-refractivity contribution in [2.75, 3.05) is 25.0 Å². The van der Waals surface area contributed by atoms with E-state index in [1.807, 2.05) is 18.2 Å². The molecule has 1 saturated heterocycles. The number of hydrogen-bond acceptors (Lipinski definition) is 5. The van der Waals surface area contributed by atoms with Gasteiger partial charge in [-0.2, -0.15) is 0 Å². The summed E-state index contributed by atoms with van der Waals surface area (Å²) in [6, 6.07) is 19.1. The monoisotopic (exact) mass is 422 g/mol. The molecule has 0 aliphatic carbocycles. The number of nitrogens with zero attached hydrogens (tertiary/aromatic N) is 2. The molecule has 4 nitrogen and oxygen atoms in total. The lowest BCUT2D eigenvalue weighted by molar-refractivity contribution is 0.290. The van der Waals surface area contributed by atoms with E-state index in [-0.39, 0.29) is 0 Å². The quantitative estimate of drug-likeness (QED) is 0.583. The molecule has 3 heterocycles. The highest BCUT2D eigenvalue weighted by atomic mass is 35.5. The Morgan fingerprint density at radius 1 is 1.17 bits per heavy atom. The first-order chi connectivity index (χ1) is 14.2. The molecule has 1 aromatic heterocycles. The molecule has 0 spiro atoms. The number of benzene rings is 2. The Bertz CT molecular complexity index is 1060. The molecule has 2 aliphatic heterocycles. The van der Waals surface area contributed by atoms with E-state index in [9.17, 15) is 0 Å². The van der Waals surface area contributed by atoms with Crippen molar-refractivity contribution in [3.63, 3.8) is 0 Å². The second kappa shape index (κ2) is 7.82. The number of rotatable bonds is 2. The number of hydrogen-bond donors (Lipinski definition) is 2. The van der Waals surface area contributed by atoms with Gasteiger partial charge in [-0.25, -0.2) is 4.99 Å². The van der Waals surface area contributed by atoms with Crippen molar-refractivity contribution in [1.82, 2.24) is 10.2 Å². The van der Waals surface area contributed by atoms with Crippen molar-refractivity contribution in [3.05, 3.63) is 75.6 Å². The lowest BCUT2D eigenvalue weighted by atomic mass is 10.0. The standard InChI is InChI=1S/C23H23ClN4S/c1-15-12-19-22(26-20-4-2-3-5-21(20)27-23(19)29-15)28-11-10-25-18(14-28)13-16-6-8-17(24)9-7-16/h2-9,12,18,25,27H,10-11,13-14H2,1H3/t18-/m0/s1. The maximum atomic E-state index is 6.04. The van der Waals surface area contributed by atoms with Crippen LogP contribution in [0.1, 0.15) is 16.0 Å². The number of halogens is 1. The third-order valence-corrected chi connectivity index (χ3v) is 6.64. The zero-order chi connectivity index (χ0) is 19.8. The summed E-state index contributed by atoms with van der Waals surface area (Å²) in [4.78, 5) is 8.84. The molecule has 6 heteroatoms. The van der Waals surface area contributed by atoms with E-state index in [1.165, 1.54) is 21.0 Å². The molecule has 2 N–H and O–H groups in total. The topological polar surface area (TPSA) is 39.7 Å². The third kappa shape index (κ3) is 3.90. The Balaban J connectivity index is 1.45. The van der Waals surface area contributed by atoms with Crippen molar-refractivity contribution in [3.8, 4) is 0 Å². The minimum absolute atomic E-state index is 0.377. The zero-order valence-corrected chi connectivity index (χ0v) is 17.9. The van der Waals surface area contributed by atoms with Crippen LogP contribution in [-0.2, 0) is 6.42 Å². The molecular formula is C23H23ClN4S. The molecule has 148 valence electrons. The average Bonchev–Trinajstić information content (AvgIpc) is 3.01. The number of aryl methyl sites for hydroxylation is 1. The van der Waals surface area contributed by atoms with Gasteiger partial charge in [0.15, 0.2) is 0 Å². The van der Waals surface area contributed by atoms with E-state index in [0.29, 0.717) is 6.04 Å². The number of para-hydroxylation sites is 2. The van der Waals surface area contributed by atoms with Crippen LogP contribution in [0, 0.1) is 6.92 Å². The first-order valence-corrected chi connectivity index (χ1v) is 11.1. The number of fused-ring (bicyclic) bond motifs is 2. The summed E-state index contributed by atoms with van der Waals surface area (Å²) in [6.07, 6.45) is 0.977. The van der Waals surface area contributed by atoms with Gasteiger partial charge in [0.2, 0.25) is 0 Å². The molecule has 0 saturated carbocycles. The van der Waals surface area contributed by atoms with Crippen molar-refractivity contribution in [2.24, 2.45) is 4.99 Å². The fourth-order valence-corrected chi connectivity index (χ4v) is 5.09. The molecule has 1 atom stereocenters. The van der Waals surface area contributed by atoms with E-state index in [1.54, 1.807) is 11.3 Å². The molecule has 1 fully saturated rings. The first-order valence-electron chi connectivity index (χ1n) is 9.94. The largest absolute Gasteiger partial charge is 0.353 e. The maximum absolute atomic E-state index is 6.04. The van der Waals surface area contributed by atoms with Crippen LogP contribution in [0.15, 0.2) is 59.6 Å². The summed E-state index contributed by atoms with van der Waals surface area (Å²) >= 11 is 7.83. The highest BCUT2D eigenvalue weighted by Gasteiger charge is 2.27. The zero-order valence-electron chi connectivity index (χ0n) is 16.3. The van der Waals surface area contributed by atoms with E-state index < -0.39 is 0 Å². The molecule has 3 aromatic rings. The lowest BCUT2D eigenvalue weighted by Gasteiger charge is -2.36.